The number of hydrogen-bond donors (Lipinski definition) is 1. The number of esters is 1. The predicted molar refractivity (Wildman–Crippen MR) is 71.2 cm³/mol. The number of carbonyl (C=O) groups excluding carboxylic acids is 2. The van der Waals surface area contributed by atoms with E-state index in [0.29, 0.717) is 18.6 Å². The van der Waals surface area contributed by atoms with Crippen LogP contribution < -0.4 is 5.32 Å². The highest BCUT2D eigenvalue weighted by molar-refractivity contribution is 5.89. The summed E-state index contributed by atoms with van der Waals surface area (Å²) < 4.78 is 15.6. The molecule has 1 N–H and O–H groups in total. The Labute approximate surface area is 118 Å². The number of ether oxygens (including phenoxy) is 3. The fourth-order valence-electron chi connectivity index (χ4n) is 2.18. The second kappa shape index (κ2) is 5.44. The largest absolute Gasteiger partial charge is 0.463 e. The number of fused-ring (bicyclic) bond motifs is 1. The number of alkyl carbamates (subject to hydrolysis) is 1. The Morgan fingerprint density at radius 1 is 1.45 bits per heavy atom. The third-order valence-electron chi connectivity index (χ3n) is 3.00. The summed E-state index contributed by atoms with van der Waals surface area (Å²) in [6.07, 6.45) is 1.50. The van der Waals surface area contributed by atoms with Gasteiger partial charge in [0.15, 0.2) is 0 Å². The van der Waals surface area contributed by atoms with Crippen LogP contribution in [0.5, 0.6) is 0 Å². The average Bonchev–Trinajstić information content (AvgIpc) is 3.05. The molecule has 6 heteroatoms. The van der Waals surface area contributed by atoms with Crippen molar-refractivity contribution >= 4 is 12.1 Å². The lowest BCUT2D eigenvalue weighted by molar-refractivity contribution is -0.138. The van der Waals surface area contributed by atoms with Gasteiger partial charge in [0.2, 0.25) is 0 Å². The molecule has 2 aliphatic rings. The molecule has 1 heterocycles. The van der Waals surface area contributed by atoms with Gasteiger partial charge in [-0.1, -0.05) is 0 Å². The van der Waals surface area contributed by atoms with Crippen molar-refractivity contribution in [3.8, 4) is 0 Å². The maximum Gasteiger partial charge on any atom is 0.407 e. The monoisotopic (exact) mass is 283 g/mol. The molecule has 0 radical (unpaired) electrons. The molecule has 2 rings (SSSR count). The minimum atomic E-state index is -0.553. The highest BCUT2D eigenvalue weighted by Crippen LogP contribution is 2.36. The van der Waals surface area contributed by atoms with Crippen molar-refractivity contribution < 1.29 is 23.8 Å². The molecule has 1 fully saturated rings. The second-order valence-electron chi connectivity index (χ2n) is 5.93. The van der Waals surface area contributed by atoms with E-state index in [1.165, 1.54) is 0 Å². The summed E-state index contributed by atoms with van der Waals surface area (Å²) >= 11 is 0. The quantitative estimate of drug-likeness (QED) is 0.628. The van der Waals surface area contributed by atoms with Crippen molar-refractivity contribution in [3.05, 3.63) is 11.6 Å². The lowest BCUT2D eigenvalue weighted by atomic mass is 9.95. The van der Waals surface area contributed by atoms with Crippen LogP contribution in [0.3, 0.4) is 0 Å². The van der Waals surface area contributed by atoms with E-state index in [1.54, 1.807) is 33.8 Å². The molecule has 112 valence electrons. The Hall–Kier alpha value is -1.56. The molecule has 20 heavy (non-hydrogen) atoms. The fraction of sp³-hybridized carbons (Fsp3) is 0.714. The number of hydrogen-bond acceptors (Lipinski definition) is 5. The molecule has 0 aromatic rings. The van der Waals surface area contributed by atoms with Gasteiger partial charge in [0.25, 0.3) is 0 Å². The third-order valence-corrected chi connectivity index (χ3v) is 3.00. The van der Waals surface area contributed by atoms with Crippen LogP contribution >= 0.6 is 0 Å². The first kappa shape index (κ1) is 14.8. The molecule has 0 saturated carbocycles. The van der Waals surface area contributed by atoms with E-state index in [4.69, 9.17) is 14.2 Å². The third kappa shape index (κ3) is 3.72. The first-order chi connectivity index (χ1) is 9.30. The Bertz CT molecular complexity index is 437. The Balaban J connectivity index is 1.93. The van der Waals surface area contributed by atoms with Gasteiger partial charge in [-0.05, 0) is 33.8 Å². The van der Waals surface area contributed by atoms with Gasteiger partial charge in [-0.3, -0.25) is 0 Å². The van der Waals surface area contributed by atoms with Crippen LogP contribution in [-0.4, -0.2) is 42.5 Å². The van der Waals surface area contributed by atoms with E-state index in [2.05, 4.69) is 5.32 Å². The lowest BCUT2D eigenvalue weighted by Crippen LogP contribution is -2.44. The number of amides is 1. The van der Waals surface area contributed by atoms with Crippen molar-refractivity contribution in [2.75, 3.05) is 6.61 Å². The van der Waals surface area contributed by atoms with Gasteiger partial charge in [-0.15, -0.1) is 0 Å². The summed E-state index contributed by atoms with van der Waals surface area (Å²) in [5.74, 6) is -0.350. The average molecular weight is 283 g/mol. The van der Waals surface area contributed by atoms with E-state index in [1.807, 2.05) is 0 Å². The molecule has 0 aromatic heterocycles. The molecule has 0 unspecified atom stereocenters. The van der Waals surface area contributed by atoms with E-state index >= 15 is 0 Å². The SMILES string of the molecule is CCOC(=O)C1=C[C@@H]2O[C@@H]2[C@@H](NC(=O)OC(C)(C)C)C1. The second-order valence-corrected chi connectivity index (χ2v) is 5.93. The molecule has 1 aliphatic heterocycles. The standard InChI is InChI=1S/C14H21NO5/c1-5-18-12(16)8-6-9(11-10(7-8)19-11)15-13(17)20-14(2,3)4/h7,9-11H,5-6H2,1-4H3,(H,15,17)/t9-,10-,11+/m0/s1. The summed E-state index contributed by atoms with van der Waals surface area (Å²) in [7, 11) is 0. The van der Waals surface area contributed by atoms with E-state index < -0.39 is 11.7 Å². The molecule has 0 bridgehead atoms. The van der Waals surface area contributed by atoms with Crippen molar-refractivity contribution in [2.45, 2.75) is 58.0 Å². The number of rotatable bonds is 3. The fourth-order valence-corrected chi connectivity index (χ4v) is 2.18. The molecule has 6 nitrogen and oxygen atoms in total. The minimum Gasteiger partial charge on any atom is -0.463 e. The number of epoxide rings is 1. The van der Waals surface area contributed by atoms with Gasteiger partial charge < -0.3 is 19.5 Å². The highest BCUT2D eigenvalue weighted by atomic mass is 16.6. The summed E-state index contributed by atoms with van der Waals surface area (Å²) in [5.41, 5.74) is -0.00537. The maximum absolute atomic E-state index is 11.8. The van der Waals surface area contributed by atoms with Gasteiger partial charge in [-0.25, -0.2) is 9.59 Å². The first-order valence-corrected chi connectivity index (χ1v) is 6.83. The Kier molecular flexibility index (Phi) is 4.04. The van der Waals surface area contributed by atoms with Crippen molar-refractivity contribution in [3.63, 3.8) is 0 Å². The van der Waals surface area contributed by atoms with Crippen LogP contribution in [0.1, 0.15) is 34.1 Å². The topological polar surface area (TPSA) is 77.2 Å². The van der Waals surface area contributed by atoms with Crippen molar-refractivity contribution in [1.82, 2.24) is 5.32 Å². The molecule has 3 atom stereocenters. The molecule has 1 saturated heterocycles. The van der Waals surface area contributed by atoms with Gasteiger partial charge >= 0.3 is 12.1 Å². The predicted octanol–water partition coefficient (Wildman–Crippen LogP) is 1.54. The summed E-state index contributed by atoms with van der Waals surface area (Å²) in [4.78, 5) is 23.5. The molecule has 1 amide bonds. The van der Waals surface area contributed by atoms with Crippen LogP contribution in [-0.2, 0) is 19.0 Å². The van der Waals surface area contributed by atoms with E-state index in [9.17, 15) is 9.59 Å². The van der Waals surface area contributed by atoms with Crippen LogP contribution in [0.25, 0.3) is 0 Å². The minimum absolute atomic E-state index is 0.0688. The van der Waals surface area contributed by atoms with Crippen LogP contribution in [0.15, 0.2) is 11.6 Å². The summed E-state index contributed by atoms with van der Waals surface area (Å²) in [6.45, 7) is 7.49. The zero-order chi connectivity index (χ0) is 14.9. The van der Waals surface area contributed by atoms with E-state index in [0.717, 1.165) is 0 Å². The molecule has 1 aliphatic carbocycles. The number of carbonyl (C=O) groups is 2. The van der Waals surface area contributed by atoms with E-state index in [-0.39, 0.29) is 24.2 Å². The van der Waals surface area contributed by atoms with Crippen LogP contribution in [0, 0.1) is 0 Å². The summed E-state index contributed by atoms with van der Waals surface area (Å²) in [5, 5.41) is 2.76. The number of nitrogens with one attached hydrogen (secondary N) is 1. The van der Waals surface area contributed by atoms with Crippen LogP contribution in [0.4, 0.5) is 4.79 Å². The first-order valence-electron chi connectivity index (χ1n) is 6.83. The van der Waals surface area contributed by atoms with Gasteiger partial charge in [-0.2, -0.15) is 0 Å². The molecule has 0 spiro atoms. The summed E-state index contributed by atoms with van der Waals surface area (Å²) in [6, 6.07) is -0.251. The smallest absolute Gasteiger partial charge is 0.407 e. The van der Waals surface area contributed by atoms with Crippen molar-refractivity contribution in [1.29, 1.82) is 0 Å². The zero-order valence-electron chi connectivity index (χ0n) is 12.3. The molecular weight excluding hydrogens is 262 g/mol. The lowest BCUT2D eigenvalue weighted by Gasteiger charge is -2.24. The maximum atomic E-state index is 11.8. The Morgan fingerprint density at radius 3 is 2.75 bits per heavy atom. The zero-order valence-corrected chi connectivity index (χ0v) is 12.3. The van der Waals surface area contributed by atoms with Gasteiger partial charge in [0.05, 0.1) is 12.6 Å². The van der Waals surface area contributed by atoms with Crippen LogP contribution in [0.2, 0.25) is 0 Å². The molecular formula is C14H21NO5. The highest BCUT2D eigenvalue weighted by Gasteiger charge is 2.49. The van der Waals surface area contributed by atoms with Gasteiger partial charge in [0, 0.05) is 12.0 Å². The molecule has 0 aromatic carbocycles. The Morgan fingerprint density at radius 2 is 2.15 bits per heavy atom. The van der Waals surface area contributed by atoms with Crippen molar-refractivity contribution in [2.24, 2.45) is 0 Å². The normalized spacial score (nSPS) is 28.0. The van der Waals surface area contributed by atoms with Gasteiger partial charge in [0.1, 0.15) is 17.8 Å².